The van der Waals surface area contributed by atoms with Gasteiger partial charge in [-0.3, -0.25) is 4.79 Å². The first-order valence-electron chi connectivity index (χ1n) is 8.04. The Hall–Kier alpha value is -3.41. The van der Waals surface area contributed by atoms with Crippen LogP contribution < -0.4 is 15.4 Å². The van der Waals surface area contributed by atoms with Crippen LogP contribution in [-0.2, 0) is 6.54 Å². The molecule has 1 aromatic heterocycles. The second-order valence-electron chi connectivity index (χ2n) is 5.60. The Kier molecular flexibility index (Phi) is 5.43. The van der Waals surface area contributed by atoms with Gasteiger partial charge in [0, 0.05) is 24.0 Å². The Bertz CT molecular complexity index is 898. The van der Waals surface area contributed by atoms with Gasteiger partial charge in [-0.25, -0.2) is 9.37 Å². The summed E-state index contributed by atoms with van der Waals surface area (Å²) in [6.45, 7) is 0.561. The lowest BCUT2D eigenvalue weighted by molar-refractivity contribution is 0.102. The van der Waals surface area contributed by atoms with Crippen LogP contribution in [0, 0.1) is 5.82 Å². The van der Waals surface area contributed by atoms with Gasteiger partial charge in [0.15, 0.2) is 0 Å². The summed E-state index contributed by atoms with van der Waals surface area (Å²) in [6.07, 6.45) is 1.55. The molecule has 0 aliphatic heterocycles. The van der Waals surface area contributed by atoms with Crippen molar-refractivity contribution in [3.8, 4) is 5.75 Å². The smallest absolute Gasteiger partial charge is 0.255 e. The summed E-state index contributed by atoms with van der Waals surface area (Å²) in [5.74, 6) is 0.639. The van der Waals surface area contributed by atoms with Gasteiger partial charge in [-0.1, -0.05) is 18.2 Å². The number of hydrogen-bond acceptors (Lipinski definition) is 4. The van der Waals surface area contributed by atoms with Gasteiger partial charge in [-0.2, -0.15) is 0 Å². The fourth-order valence-corrected chi connectivity index (χ4v) is 2.37. The fraction of sp³-hybridized carbons (Fsp3) is 0.100. The molecule has 0 atom stereocenters. The minimum Gasteiger partial charge on any atom is -0.497 e. The van der Waals surface area contributed by atoms with E-state index in [1.807, 2.05) is 24.3 Å². The monoisotopic (exact) mass is 351 g/mol. The van der Waals surface area contributed by atoms with E-state index in [0.717, 1.165) is 11.3 Å². The molecule has 6 heteroatoms. The van der Waals surface area contributed by atoms with Gasteiger partial charge in [0.2, 0.25) is 0 Å². The van der Waals surface area contributed by atoms with Crippen LogP contribution >= 0.6 is 0 Å². The van der Waals surface area contributed by atoms with Crippen LogP contribution in [0.3, 0.4) is 0 Å². The van der Waals surface area contributed by atoms with Crippen molar-refractivity contribution < 1.29 is 13.9 Å². The van der Waals surface area contributed by atoms with E-state index in [2.05, 4.69) is 15.6 Å². The van der Waals surface area contributed by atoms with Crippen molar-refractivity contribution in [2.75, 3.05) is 17.7 Å². The van der Waals surface area contributed by atoms with Crippen molar-refractivity contribution >= 4 is 17.4 Å². The molecular formula is C20H18FN3O2. The van der Waals surface area contributed by atoms with Crippen LogP contribution in [-0.4, -0.2) is 18.0 Å². The SMILES string of the molecule is COc1ccc(CNc2cc(C(=O)Nc3cccc(F)c3)ccn2)cc1. The number of benzene rings is 2. The molecule has 0 fully saturated rings. The average Bonchev–Trinajstić information content (AvgIpc) is 2.67. The molecule has 132 valence electrons. The summed E-state index contributed by atoms with van der Waals surface area (Å²) < 4.78 is 18.3. The molecule has 26 heavy (non-hydrogen) atoms. The van der Waals surface area contributed by atoms with Gasteiger partial charge < -0.3 is 15.4 Å². The zero-order valence-electron chi connectivity index (χ0n) is 14.2. The standard InChI is InChI=1S/C20H18FN3O2/c1-26-18-7-5-14(6-8-18)13-23-19-11-15(9-10-22-19)20(25)24-17-4-2-3-16(21)12-17/h2-12H,13H2,1H3,(H,22,23)(H,24,25). The first-order valence-corrected chi connectivity index (χ1v) is 8.04. The van der Waals surface area contributed by atoms with E-state index < -0.39 is 5.82 Å². The Morgan fingerprint density at radius 3 is 2.65 bits per heavy atom. The summed E-state index contributed by atoms with van der Waals surface area (Å²) in [5.41, 5.74) is 1.89. The molecule has 0 aliphatic carbocycles. The number of nitrogens with zero attached hydrogens (tertiary/aromatic N) is 1. The van der Waals surface area contributed by atoms with E-state index in [9.17, 15) is 9.18 Å². The third kappa shape index (κ3) is 4.57. The molecule has 1 heterocycles. The van der Waals surface area contributed by atoms with Crippen LogP contribution in [0.1, 0.15) is 15.9 Å². The van der Waals surface area contributed by atoms with Crippen molar-refractivity contribution in [3.63, 3.8) is 0 Å². The van der Waals surface area contributed by atoms with Crippen LogP contribution in [0.2, 0.25) is 0 Å². The van der Waals surface area contributed by atoms with Gasteiger partial charge in [0.25, 0.3) is 5.91 Å². The maximum Gasteiger partial charge on any atom is 0.255 e. The van der Waals surface area contributed by atoms with E-state index in [0.29, 0.717) is 23.6 Å². The van der Waals surface area contributed by atoms with E-state index in [-0.39, 0.29) is 5.91 Å². The van der Waals surface area contributed by atoms with E-state index in [1.165, 1.54) is 12.1 Å². The quantitative estimate of drug-likeness (QED) is 0.702. The van der Waals surface area contributed by atoms with Crippen LogP contribution in [0.5, 0.6) is 5.75 Å². The molecule has 2 N–H and O–H groups in total. The molecule has 5 nitrogen and oxygen atoms in total. The number of ether oxygens (including phenoxy) is 1. The molecule has 0 saturated carbocycles. The van der Waals surface area contributed by atoms with Gasteiger partial charge in [-0.05, 0) is 48.0 Å². The van der Waals surface area contributed by atoms with Crippen molar-refractivity contribution in [2.24, 2.45) is 0 Å². The third-order valence-corrected chi connectivity index (χ3v) is 3.74. The highest BCUT2D eigenvalue weighted by molar-refractivity contribution is 6.04. The van der Waals surface area contributed by atoms with Crippen molar-refractivity contribution in [1.29, 1.82) is 0 Å². The Labute approximate surface area is 150 Å². The van der Waals surface area contributed by atoms with Gasteiger partial charge in [-0.15, -0.1) is 0 Å². The van der Waals surface area contributed by atoms with Gasteiger partial charge >= 0.3 is 0 Å². The lowest BCUT2D eigenvalue weighted by Gasteiger charge is -2.09. The lowest BCUT2D eigenvalue weighted by atomic mass is 10.2. The average molecular weight is 351 g/mol. The summed E-state index contributed by atoms with van der Waals surface area (Å²) >= 11 is 0. The molecule has 0 aliphatic rings. The molecule has 0 spiro atoms. The maximum absolute atomic E-state index is 13.2. The lowest BCUT2D eigenvalue weighted by Crippen LogP contribution is -2.13. The predicted octanol–water partition coefficient (Wildman–Crippen LogP) is 4.09. The molecule has 1 amide bonds. The minimum absolute atomic E-state index is 0.328. The highest BCUT2D eigenvalue weighted by Gasteiger charge is 2.08. The molecule has 0 saturated heterocycles. The zero-order chi connectivity index (χ0) is 18.4. The van der Waals surface area contributed by atoms with E-state index in [4.69, 9.17) is 4.74 Å². The highest BCUT2D eigenvalue weighted by Crippen LogP contribution is 2.15. The number of methoxy groups -OCH3 is 1. The van der Waals surface area contributed by atoms with E-state index >= 15 is 0 Å². The molecule has 3 aromatic rings. The number of anilines is 2. The van der Waals surface area contributed by atoms with Crippen LogP contribution in [0.15, 0.2) is 66.9 Å². The normalized spacial score (nSPS) is 10.2. The minimum atomic E-state index is -0.403. The second kappa shape index (κ2) is 8.11. The molecule has 0 unspecified atom stereocenters. The fourth-order valence-electron chi connectivity index (χ4n) is 2.37. The predicted molar refractivity (Wildman–Crippen MR) is 98.9 cm³/mol. The Morgan fingerprint density at radius 2 is 1.92 bits per heavy atom. The molecule has 0 bridgehead atoms. The second-order valence-corrected chi connectivity index (χ2v) is 5.60. The largest absolute Gasteiger partial charge is 0.497 e. The molecular weight excluding hydrogens is 333 g/mol. The summed E-state index contributed by atoms with van der Waals surface area (Å²) in [4.78, 5) is 16.5. The van der Waals surface area contributed by atoms with Crippen LogP contribution in [0.4, 0.5) is 15.9 Å². The van der Waals surface area contributed by atoms with Crippen LogP contribution in [0.25, 0.3) is 0 Å². The number of hydrogen-bond donors (Lipinski definition) is 2. The number of carbonyl (C=O) groups is 1. The number of nitrogens with one attached hydrogen (secondary N) is 2. The Balaban J connectivity index is 1.64. The first-order chi connectivity index (χ1) is 12.6. The maximum atomic E-state index is 13.2. The van der Waals surface area contributed by atoms with Crippen molar-refractivity contribution in [3.05, 3.63) is 83.8 Å². The summed E-state index contributed by atoms with van der Waals surface area (Å²) in [5, 5.41) is 5.84. The number of halogens is 1. The first kappa shape index (κ1) is 17.4. The van der Waals surface area contributed by atoms with Crippen molar-refractivity contribution in [1.82, 2.24) is 4.98 Å². The van der Waals surface area contributed by atoms with Gasteiger partial charge in [0.05, 0.1) is 7.11 Å². The van der Waals surface area contributed by atoms with E-state index in [1.54, 1.807) is 37.6 Å². The van der Waals surface area contributed by atoms with Gasteiger partial charge in [0.1, 0.15) is 17.4 Å². The topological polar surface area (TPSA) is 63.2 Å². The summed E-state index contributed by atoms with van der Waals surface area (Å²) in [6, 6.07) is 16.7. The third-order valence-electron chi connectivity index (χ3n) is 3.74. The molecule has 2 aromatic carbocycles. The van der Waals surface area contributed by atoms with Crippen molar-refractivity contribution in [2.45, 2.75) is 6.54 Å². The summed E-state index contributed by atoms with van der Waals surface area (Å²) in [7, 11) is 1.62. The highest BCUT2D eigenvalue weighted by atomic mass is 19.1. The Morgan fingerprint density at radius 1 is 1.12 bits per heavy atom. The number of pyridine rings is 1. The number of aromatic nitrogens is 1. The zero-order valence-corrected chi connectivity index (χ0v) is 14.2. The molecule has 3 rings (SSSR count). The number of carbonyl (C=O) groups excluding carboxylic acids is 1. The number of rotatable bonds is 6. The molecule has 0 radical (unpaired) electrons. The number of amides is 1.